The highest BCUT2D eigenvalue weighted by atomic mass is 19.1. The first-order valence-electron chi connectivity index (χ1n) is 17.8. The van der Waals surface area contributed by atoms with Crippen molar-refractivity contribution in [2.45, 2.75) is 91.0 Å². The highest BCUT2D eigenvalue weighted by Crippen LogP contribution is 2.31. The third-order valence-corrected chi connectivity index (χ3v) is 9.57. The van der Waals surface area contributed by atoms with Gasteiger partial charge >= 0.3 is 0 Å². The second-order valence-corrected chi connectivity index (χ2v) is 13.1. The Kier molecular flexibility index (Phi) is 11.5. The highest BCUT2D eigenvalue weighted by Gasteiger charge is 2.22. The third kappa shape index (κ3) is 8.63. The molecule has 2 fully saturated rings. The minimum absolute atomic E-state index is 0.189. The van der Waals surface area contributed by atoms with Gasteiger partial charge in [-0.1, -0.05) is 37.6 Å². The number of amides is 2. The first-order chi connectivity index (χ1) is 23.9. The average Bonchev–Trinajstić information content (AvgIpc) is 3.54. The second kappa shape index (κ2) is 16.4. The molecule has 0 aliphatic carbocycles. The number of piperidine rings is 1. The van der Waals surface area contributed by atoms with Gasteiger partial charge in [-0.2, -0.15) is 5.10 Å². The van der Waals surface area contributed by atoms with E-state index in [1.165, 1.54) is 25.3 Å². The number of ether oxygens (including phenoxy) is 1. The van der Waals surface area contributed by atoms with Crippen molar-refractivity contribution in [2.24, 2.45) is 0 Å². The van der Waals surface area contributed by atoms with E-state index in [0.717, 1.165) is 77.1 Å². The van der Waals surface area contributed by atoms with E-state index in [4.69, 9.17) is 9.72 Å². The molecule has 0 saturated carbocycles. The first-order valence-corrected chi connectivity index (χ1v) is 17.8. The Bertz CT molecular complexity index is 1760. The summed E-state index contributed by atoms with van der Waals surface area (Å²) in [7, 11) is 0. The van der Waals surface area contributed by atoms with Crippen LogP contribution >= 0.6 is 0 Å². The number of pyridine rings is 1. The van der Waals surface area contributed by atoms with Gasteiger partial charge in [-0.05, 0) is 87.0 Å². The van der Waals surface area contributed by atoms with Crippen molar-refractivity contribution in [3.63, 3.8) is 0 Å². The topological polar surface area (TPSA) is 113 Å². The highest BCUT2D eigenvalue weighted by molar-refractivity contribution is 5.97. The van der Waals surface area contributed by atoms with Crippen molar-refractivity contribution in [1.29, 1.82) is 0 Å². The van der Waals surface area contributed by atoms with Crippen LogP contribution in [0.4, 0.5) is 10.1 Å². The van der Waals surface area contributed by atoms with E-state index in [1.54, 1.807) is 12.1 Å². The van der Waals surface area contributed by atoms with Gasteiger partial charge < -0.3 is 20.7 Å². The van der Waals surface area contributed by atoms with Crippen LogP contribution < -0.4 is 16.0 Å². The number of benzene rings is 2. The summed E-state index contributed by atoms with van der Waals surface area (Å²) in [6.45, 7) is 9.66. The fourth-order valence-corrected chi connectivity index (χ4v) is 6.88. The maximum Gasteiger partial charge on any atom is 0.229 e. The number of aryl methyl sites for hydroxylation is 2. The van der Waals surface area contributed by atoms with E-state index in [9.17, 15) is 14.0 Å². The number of aromatic nitrogens is 3. The summed E-state index contributed by atoms with van der Waals surface area (Å²) in [5.74, 6) is -1.09. The van der Waals surface area contributed by atoms with Gasteiger partial charge in [0.1, 0.15) is 12.2 Å². The normalized spacial score (nSPS) is 15.7. The summed E-state index contributed by atoms with van der Waals surface area (Å²) < 4.78 is 22.4. The van der Waals surface area contributed by atoms with E-state index < -0.39 is 5.91 Å². The van der Waals surface area contributed by atoms with E-state index in [0.29, 0.717) is 31.7 Å². The molecule has 11 heteroatoms. The molecule has 2 aromatic carbocycles. The Morgan fingerprint density at radius 2 is 1.73 bits per heavy atom. The van der Waals surface area contributed by atoms with Crippen LogP contribution in [0.25, 0.3) is 22.2 Å². The zero-order valence-electron chi connectivity index (χ0n) is 28.7. The lowest BCUT2D eigenvalue weighted by Crippen LogP contribution is -2.32. The standard InChI is InChI=1S/C38H48FN7O3/c1-3-34-31(37(43-29-13-17-49-18-14-29)32-24-42-46(4-2)38(32)44-34)23-41-36(48)21-35(47)40-22-26-11-12-33(39)30(20-26)28-10-8-9-27(19-28)25-45-15-6-5-7-16-45/h8-12,19-20,24,29H,3-7,13-18,21-23,25H2,1-2H3,(H,40,47)(H,41,48)(H,43,44). The summed E-state index contributed by atoms with van der Waals surface area (Å²) in [5.41, 5.74) is 6.77. The fourth-order valence-electron chi connectivity index (χ4n) is 6.88. The first kappa shape index (κ1) is 34.5. The van der Waals surface area contributed by atoms with Gasteiger partial charge in [-0.3, -0.25) is 14.5 Å². The Balaban J connectivity index is 1.08. The van der Waals surface area contributed by atoms with Crippen molar-refractivity contribution < 1.29 is 18.7 Å². The number of likely N-dealkylation sites (tertiary alicyclic amines) is 1. The van der Waals surface area contributed by atoms with Gasteiger partial charge in [-0.15, -0.1) is 0 Å². The van der Waals surface area contributed by atoms with Crippen LogP contribution in [0, 0.1) is 5.82 Å². The van der Waals surface area contributed by atoms with Crippen LogP contribution in [0.1, 0.15) is 74.8 Å². The molecule has 0 atom stereocenters. The number of anilines is 1. The van der Waals surface area contributed by atoms with Crippen molar-refractivity contribution in [3.05, 3.63) is 76.9 Å². The zero-order valence-corrected chi connectivity index (χ0v) is 28.7. The molecule has 4 heterocycles. The predicted molar refractivity (Wildman–Crippen MR) is 189 cm³/mol. The summed E-state index contributed by atoms with van der Waals surface area (Å²) in [5, 5.41) is 15.0. The number of carbonyl (C=O) groups excluding carboxylic acids is 2. The molecule has 49 heavy (non-hydrogen) atoms. The number of carbonyl (C=O) groups is 2. The van der Waals surface area contributed by atoms with E-state index in [-0.39, 0.29) is 37.3 Å². The van der Waals surface area contributed by atoms with Crippen LogP contribution in [-0.2, 0) is 46.9 Å². The molecule has 6 rings (SSSR count). The van der Waals surface area contributed by atoms with Gasteiger partial charge in [-0.25, -0.2) is 14.1 Å². The van der Waals surface area contributed by atoms with E-state index >= 15 is 0 Å². The molecule has 2 aliphatic rings. The van der Waals surface area contributed by atoms with E-state index in [2.05, 4.69) is 38.1 Å². The second-order valence-electron chi connectivity index (χ2n) is 13.1. The molecule has 0 spiro atoms. The maximum atomic E-state index is 15.0. The number of nitrogens with zero attached hydrogens (tertiary/aromatic N) is 4. The average molecular weight is 670 g/mol. The molecule has 0 radical (unpaired) electrons. The molecule has 2 amide bonds. The minimum atomic E-state index is -0.402. The summed E-state index contributed by atoms with van der Waals surface area (Å²) in [6.07, 6.45) is 7.70. The van der Waals surface area contributed by atoms with E-state index in [1.807, 2.05) is 36.9 Å². The lowest BCUT2D eigenvalue weighted by atomic mass is 9.99. The van der Waals surface area contributed by atoms with Crippen molar-refractivity contribution in [1.82, 2.24) is 30.3 Å². The molecule has 260 valence electrons. The number of fused-ring (bicyclic) bond motifs is 1. The minimum Gasteiger partial charge on any atom is -0.381 e. The van der Waals surface area contributed by atoms with Crippen LogP contribution in [0.15, 0.2) is 48.7 Å². The quantitative estimate of drug-likeness (QED) is 0.156. The Morgan fingerprint density at radius 1 is 0.959 bits per heavy atom. The van der Waals surface area contributed by atoms with Crippen LogP contribution in [0.5, 0.6) is 0 Å². The smallest absolute Gasteiger partial charge is 0.229 e. The van der Waals surface area contributed by atoms with Gasteiger partial charge in [0.2, 0.25) is 11.8 Å². The van der Waals surface area contributed by atoms with Crippen LogP contribution in [-0.4, -0.2) is 63.8 Å². The van der Waals surface area contributed by atoms with Crippen LogP contribution in [0.2, 0.25) is 0 Å². The maximum absolute atomic E-state index is 15.0. The lowest BCUT2D eigenvalue weighted by Gasteiger charge is -2.26. The van der Waals surface area contributed by atoms with Gasteiger partial charge in [0, 0.05) is 62.3 Å². The summed E-state index contributed by atoms with van der Waals surface area (Å²) in [6, 6.07) is 13.2. The number of rotatable bonds is 13. The Labute approximate surface area is 287 Å². The molecule has 4 aromatic rings. The van der Waals surface area contributed by atoms with Crippen molar-refractivity contribution >= 4 is 28.5 Å². The van der Waals surface area contributed by atoms with Crippen molar-refractivity contribution in [3.8, 4) is 11.1 Å². The monoisotopic (exact) mass is 669 g/mol. The number of hydrogen-bond donors (Lipinski definition) is 3. The zero-order chi connectivity index (χ0) is 34.2. The largest absolute Gasteiger partial charge is 0.381 e. The fraction of sp³-hybridized carbons (Fsp3) is 0.474. The van der Waals surface area contributed by atoms with Gasteiger partial charge in [0.25, 0.3) is 0 Å². The lowest BCUT2D eigenvalue weighted by molar-refractivity contribution is -0.129. The molecule has 10 nitrogen and oxygen atoms in total. The SMILES string of the molecule is CCc1nc2c(cnn2CC)c(NC2CCOCC2)c1CNC(=O)CC(=O)NCc1ccc(F)c(-c2cccc(CN3CCCCC3)c2)c1. The summed E-state index contributed by atoms with van der Waals surface area (Å²) >= 11 is 0. The molecule has 2 saturated heterocycles. The van der Waals surface area contributed by atoms with Crippen molar-refractivity contribution in [2.75, 3.05) is 31.6 Å². The predicted octanol–water partition coefficient (Wildman–Crippen LogP) is 5.72. The van der Waals surface area contributed by atoms with Crippen LogP contribution in [0.3, 0.4) is 0 Å². The number of nitrogens with one attached hydrogen (secondary N) is 3. The molecule has 3 N–H and O–H groups in total. The number of halogens is 1. The van der Waals surface area contributed by atoms with Gasteiger partial charge in [0.15, 0.2) is 5.65 Å². The Hall–Kier alpha value is -4.35. The third-order valence-electron chi connectivity index (χ3n) is 9.57. The van der Waals surface area contributed by atoms with Gasteiger partial charge in [0.05, 0.1) is 17.3 Å². The molecular weight excluding hydrogens is 621 g/mol. The molecule has 2 aromatic heterocycles. The Morgan fingerprint density at radius 3 is 2.49 bits per heavy atom. The molecule has 0 bridgehead atoms. The molecule has 0 unspecified atom stereocenters. The molecule has 2 aliphatic heterocycles. The number of hydrogen-bond acceptors (Lipinski definition) is 7. The summed E-state index contributed by atoms with van der Waals surface area (Å²) in [4.78, 5) is 33.2. The molecular formula is C38H48FN7O3.